The molecule has 0 N–H and O–H groups in total. The first-order valence-electron chi connectivity index (χ1n) is 11.2. The van der Waals surface area contributed by atoms with Crippen molar-refractivity contribution in [2.45, 2.75) is 26.3 Å². The topological polar surface area (TPSA) is 77.5 Å². The monoisotopic (exact) mass is 561 g/mol. The predicted octanol–water partition coefficient (Wildman–Crippen LogP) is 2.88. The zero-order chi connectivity index (χ0) is 24.3. The molecule has 1 aliphatic rings. The molecule has 3 aromatic rings. The molecule has 1 atom stereocenters. The Morgan fingerprint density at radius 2 is 1.03 bits per heavy atom. The van der Waals surface area contributed by atoms with Crippen LogP contribution in [0, 0.1) is 0 Å². The van der Waals surface area contributed by atoms with E-state index in [1.54, 1.807) is 0 Å². The Balaban J connectivity index is 0.000000229. The quantitative estimate of drug-likeness (QED) is 0.314. The number of aliphatic carboxylic acids is 1. The van der Waals surface area contributed by atoms with Gasteiger partial charge in [-0.15, -0.1) is 0 Å². The van der Waals surface area contributed by atoms with E-state index in [1.807, 2.05) is 0 Å². The number of nitrogens with zero attached hydrogens (tertiary/aromatic N) is 1. The number of rotatable bonds is 8. The molecule has 0 aliphatic carbocycles. The molecule has 0 spiro atoms. The molecule has 0 radical (unpaired) electrons. The molecule has 0 saturated carbocycles. The first-order chi connectivity index (χ1) is 16.4. The van der Waals surface area contributed by atoms with E-state index in [4.69, 9.17) is 0 Å². The van der Waals surface area contributed by atoms with Crippen LogP contribution in [0.5, 0.6) is 0 Å². The average Bonchev–Trinajstić information content (AvgIpc) is 3.18. The van der Waals surface area contributed by atoms with Crippen molar-refractivity contribution in [2.75, 3.05) is 0 Å². The van der Waals surface area contributed by atoms with Gasteiger partial charge in [0.05, 0.1) is 12.0 Å². The Labute approximate surface area is 207 Å². The van der Waals surface area contributed by atoms with Crippen LogP contribution in [0.3, 0.4) is 0 Å². The zero-order valence-electron chi connectivity index (χ0n) is 19.1. The van der Waals surface area contributed by atoms with Crippen molar-refractivity contribution in [1.82, 2.24) is 4.90 Å². The van der Waals surface area contributed by atoms with Crippen LogP contribution in [0.15, 0.2) is 103 Å². The van der Waals surface area contributed by atoms with Gasteiger partial charge in [0.1, 0.15) is 0 Å². The molecule has 3 aromatic carbocycles. The summed E-state index contributed by atoms with van der Waals surface area (Å²) in [5, 5.41) is 10.3. The normalized spacial score (nSPS) is 13.3. The van der Waals surface area contributed by atoms with Crippen LogP contribution in [0.4, 0.5) is 0 Å². The third-order valence-corrected chi connectivity index (χ3v) is 13.2. The Hall–Kier alpha value is -3.19. The zero-order valence-corrected chi connectivity index (χ0v) is 21.9. The van der Waals surface area contributed by atoms with Crippen molar-refractivity contribution in [3.05, 3.63) is 120 Å². The van der Waals surface area contributed by atoms with Crippen LogP contribution >= 0.6 is 0 Å². The summed E-state index contributed by atoms with van der Waals surface area (Å²) in [6.45, 7) is 1.22. The van der Waals surface area contributed by atoms with Gasteiger partial charge in [0.15, 0.2) is 0 Å². The SMILES string of the molecule is C[C@@H](C(=O)[O-])N1C(=O)C=CC1=O.c1ccc([CH2][Sn+]([CH2]c2ccccc2)[CH2]c2ccccc2)cc1. The summed E-state index contributed by atoms with van der Waals surface area (Å²) < 4.78 is 3.98. The molecule has 6 heteroatoms. The van der Waals surface area contributed by atoms with E-state index >= 15 is 0 Å². The van der Waals surface area contributed by atoms with E-state index in [9.17, 15) is 19.5 Å². The molecule has 0 bridgehead atoms. The van der Waals surface area contributed by atoms with Gasteiger partial charge >= 0.3 is 141 Å². The third-order valence-electron chi connectivity index (χ3n) is 5.46. The van der Waals surface area contributed by atoms with Gasteiger partial charge in [-0.3, -0.25) is 14.5 Å². The van der Waals surface area contributed by atoms with Gasteiger partial charge in [-0.2, -0.15) is 0 Å². The van der Waals surface area contributed by atoms with Crippen LogP contribution in [-0.2, 0) is 27.7 Å². The molecule has 4 rings (SSSR count). The van der Waals surface area contributed by atoms with E-state index in [1.165, 1.54) is 36.9 Å². The Morgan fingerprint density at radius 3 is 1.32 bits per heavy atom. The van der Waals surface area contributed by atoms with Crippen LogP contribution in [0.25, 0.3) is 0 Å². The standard InChI is InChI=1S/C7H7NO4.3C7H7.Sn/c1-4(7(11)12)8-5(9)2-3-6(8)10;3*1-7-5-3-2-4-6-7;/h2-4H,1H3,(H,11,12);3*2-6H,1H2;/q;;;;+1/p-1/t4-;;;;/m0..../s1. The second-order valence-corrected chi connectivity index (χ2v) is 15.4. The van der Waals surface area contributed by atoms with Crippen molar-refractivity contribution >= 4 is 37.5 Å². The van der Waals surface area contributed by atoms with Crippen LogP contribution in [0.2, 0.25) is 0 Å². The second kappa shape index (κ2) is 12.9. The molecule has 0 saturated heterocycles. The number of carboxylic acids is 1. The summed E-state index contributed by atoms with van der Waals surface area (Å²) in [5.41, 5.74) is 4.55. The van der Waals surface area contributed by atoms with Gasteiger partial charge < -0.3 is 9.90 Å². The molecule has 1 heterocycles. The molecule has 0 unspecified atom stereocenters. The van der Waals surface area contributed by atoms with E-state index in [0.29, 0.717) is 4.90 Å². The molecule has 5 nitrogen and oxygen atoms in total. The number of benzene rings is 3. The fourth-order valence-corrected chi connectivity index (χ4v) is 11.8. The average molecular weight is 560 g/mol. The number of hydrogen-bond donors (Lipinski definition) is 0. The predicted molar refractivity (Wildman–Crippen MR) is 132 cm³/mol. The van der Waals surface area contributed by atoms with Gasteiger partial charge in [-0.1, -0.05) is 0 Å². The summed E-state index contributed by atoms with van der Waals surface area (Å²) >= 11 is -1.56. The number of carboxylic acid groups (broad SMARTS) is 1. The summed E-state index contributed by atoms with van der Waals surface area (Å²) in [4.78, 5) is 32.6. The Bertz CT molecular complexity index is 1000. The van der Waals surface area contributed by atoms with E-state index in [2.05, 4.69) is 91.0 Å². The molecule has 2 amide bonds. The Kier molecular flexibility index (Phi) is 9.64. The van der Waals surface area contributed by atoms with Gasteiger partial charge in [0.25, 0.3) is 11.8 Å². The van der Waals surface area contributed by atoms with Crippen molar-refractivity contribution < 1.29 is 19.5 Å². The van der Waals surface area contributed by atoms with E-state index in [-0.39, 0.29) is 0 Å². The first kappa shape index (κ1) is 25.4. The van der Waals surface area contributed by atoms with Gasteiger partial charge in [-0.05, 0) is 6.92 Å². The summed E-state index contributed by atoms with van der Waals surface area (Å²) in [7, 11) is 0. The van der Waals surface area contributed by atoms with Crippen LogP contribution < -0.4 is 5.11 Å². The minimum atomic E-state index is -1.56. The number of carbonyl (C=O) groups excluding carboxylic acids is 3. The van der Waals surface area contributed by atoms with Gasteiger partial charge in [0, 0.05) is 12.2 Å². The molecule has 1 aliphatic heterocycles. The molecule has 0 fully saturated rings. The van der Waals surface area contributed by atoms with Crippen LogP contribution in [-0.4, -0.2) is 48.5 Å². The maximum atomic E-state index is 10.9. The number of imide groups is 1. The second-order valence-electron chi connectivity index (χ2n) is 8.11. The summed E-state index contributed by atoms with van der Waals surface area (Å²) in [5.74, 6) is -2.67. The number of carbonyl (C=O) groups is 3. The van der Waals surface area contributed by atoms with Crippen LogP contribution in [0.1, 0.15) is 23.6 Å². The molecule has 0 aromatic heterocycles. The molecule has 172 valence electrons. The fraction of sp³-hybridized carbons (Fsp3) is 0.179. The molecular formula is C28H27NO4Sn. The van der Waals surface area contributed by atoms with Crippen molar-refractivity contribution in [3.8, 4) is 0 Å². The minimum absolute atomic E-state index is 0.614. The first-order valence-corrected chi connectivity index (χ1v) is 17.2. The van der Waals surface area contributed by atoms with Gasteiger partial charge in [-0.25, -0.2) is 0 Å². The van der Waals surface area contributed by atoms with Crippen molar-refractivity contribution in [1.29, 1.82) is 0 Å². The molecular weight excluding hydrogens is 533 g/mol. The summed E-state index contributed by atoms with van der Waals surface area (Å²) in [6, 6.07) is 31.9. The van der Waals surface area contributed by atoms with E-state index in [0.717, 1.165) is 12.2 Å². The third kappa shape index (κ3) is 7.69. The molecule has 34 heavy (non-hydrogen) atoms. The maximum absolute atomic E-state index is 10.9. The van der Waals surface area contributed by atoms with E-state index < -0.39 is 43.6 Å². The fourth-order valence-electron chi connectivity index (χ4n) is 3.74. The number of hydrogen-bond acceptors (Lipinski definition) is 4. The number of amides is 2. The van der Waals surface area contributed by atoms with Crippen molar-refractivity contribution in [3.63, 3.8) is 0 Å². The van der Waals surface area contributed by atoms with Gasteiger partial charge in [0.2, 0.25) is 0 Å². The van der Waals surface area contributed by atoms with Crippen molar-refractivity contribution in [2.24, 2.45) is 0 Å². The Morgan fingerprint density at radius 1 is 0.706 bits per heavy atom. The summed E-state index contributed by atoms with van der Waals surface area (Å²) in [6.07, 6.45) is 2.06.